The van der Waals surface area contributed by atoms with Crippen molar-refractivity contribution >= 4 is 43.2 Å². The monoisotopic (exact) mass is 476 g/mol. The molecule has 0 spiro atoms. The number of anilines is 1. The number of amides is 1. The highest BCUT2D eigenvalue weighted by molar-refractivity contribution is 7.89. The molecular formula is C24H20N4O3S2. The van der Waals surface area contributed by atoms with E-state index in [0.717, 1.165) is 25.1 Å². The molecule has 0 atom stereocenters. The number of carbonyl (C=O) groups excluding carboxylic acids is 1. The number of thiazole rings is 1. The number of rotatable bonds is 7. The van der Waals surface area contributed by atoms with Gasteiger partial charge in [-0.1, -0.05) is 24.3 Å². The predicted molar refractivity (Wildman–Crippen MR) is 128 cm³/mol. The van der Waals surface area contributed by atoms with Gasteiger partial charge in [0, 0.05) is 19.2 Å². The smallest absolute Gasteiger partial charge is 0.243 e. The van der Waals surface area contributed by atoms with Crippen LogP contribution in [0.2, 0.25) is 0 Å². The first-order valence-electron chi connectivity index (χ1n) is 10.0. The summed E-state index contributed by atoms with van der Waals surface area (Å²) >= 11 is 1.66. The molecule has 4 rings (SSSR count). The first-order chi connectivity index (χ1) is 15.8. The van der Waals surface area contributed by atoms with Crippen molar-refractivity contribution in [3.8, 4) is 6.07 Å². The number of sulfonamides is 1. The van der Waals surface area contributed by atoms with Crippen molar-refractivity contribution in [2.45, 2.75) is 11.3 Å². The van der Waals surface area contributed by atoms with Gasteiger partial charge in [0.1, 0.15) is 0 Å². The Morgan fingerprint density at radius 1 is 1.06 bits per heavy atom. The van der Waals surface area contributed by atoms with Crippen molar-refractivity contribution in [1.29, 1.82) is 5.26 Å². The molecule has 0 bridgehead atoms. The van der Waals surface area contributed by atoms with Crippen LogP contribution < -0.4 is 5.32 Å². The van der Waals surface area contributed by atoms with Crippen LogP contribution in [0, 0.1) is 11.3 Å². The predicted octanol–water partition coefficient (Wildman–Crippen LogP) is 4.02. The minimum atomic E-state index is -3.85. The molecule has 33 heavy (non-hydrogen) atoms. The molecular weight excluding hydrogens is 456 g/mol. The first kappa shape index (κ1) is 22.6. The zero-order valence-corrected chi connectivity index (χ0v) is 19.4. The molecule has 0 aliphatic heterocycles. The van der Waals surface area contributed by atoms with Gasteiger partial charge in [-0.05, 0) is 54.1 Å². The number of likely N-dealkylation sites (N-methyl/N-ethyl adjacent to an activating group) is 1. The zero-order chi connectivity index (χ0) is 23.4. The van der Waals surface area contributed by atoms with Crippen LogP contribution >= 0.6 is 11.3 Å². The summed E-state index contributed by atoms with van der Waals surface area (Å²) in [4.78, 5) is 17.1. The van der Waals surface area contributed by atoms with Crippen LogP contribution in [0.5, 0.6) is 0 Å². The van der Waals surface area contributed by atoms with E-state index in [4.69, 9.17) is 5.26 Å². The van der Waals surface area contributed by atoms with E-state index < -0.39 is 15.9 Å². The van der Waals surface area contributed by atoms with Crippen molar-refractivity contribution in [2.24, 2.45) is 0 Å². The van der Waals surface area contributed by atoms with Crippen LogP contribution in [0.15, 0.2) is 77.7 Å². The first-order valence-corrected chi connectivity index (χ1v) is 12.3. The standard InChI is InChI=1S/C24H20N4O3S2/c1-28(33(30,31)20-12-8-18(15-25)9-13-20)16-23(29)26-19-10-6-17(7-11-19)14-24-27-21-4-2-3-5-22(21)32-24/h2-13H,14,16H2,1H3,(H,26,29). The van der Waals surface area contributed by atoms with E-state index >= 15 is 0 Å². The molecule has 1 amide bonds. The van der Waals surface area contributed by atoms with Gasteiger partial charge in [0.2, 0.25) is 15.9 Å². The van der Waals surface area contributed by atoms with Crippen molar-refractivity contribution in [3.63, 3.8) is 0 Å². The number of benzene rings is 3. The molecule has 9 heteroatoms. The Morgan fingerprint density at radius 2 is 1.76 bits per heavy atom. The number of aromatic nitrogens is 1. The van der Waals surface area contributed by atoms with Gasteiger partial charge in [-0.15, -0.1) is 11.3 Å². The minimum absolute atomic E-state index is 0.0241. The normalized spacial score (nSPS) is 11.4. The van der Waals surface area contributed by atoms with E-state index in [0.29, 0.717) is 17.7 Å². The summed E-state index contributed by atoms with van der Waals surface area (Å²) in [7, 11) is -2.51. The van der Waals surface area contributed by atoms with Gasteiger partial charge in [-0.2, -0.15) is 9.57 Å². The highest BCUT2D eigenvalue weighted by Gasteiger charge is 2.23. The zero-order valence-electron chi connectivity index (χ0n) is 17.7. The maximum absolute atomic E-state index is 12.7. The van der Waals surface area contributed by atoms with E-state index in [9.17, 15) is 13.2 Å². The number of hydrogen-bond donors (Lipinski definition) is 1. The number of para-hydroxylation sites is 1. The average Bonchev–Trinajstić information content (AvgIpc) is 3.22. The molecule has 4 aromatic rings. The Morgan fingerprint density at radius 3 is 2.42 bits per heavy atom. The van der Waals surface area contributed by atoms with Crippen molar-refractivity contribution in [3.05, 3.63) is 88.9 Å². The highest BCUT2D eigenvalue weighted by Crippen LogP contribution is 2.24. The SMILES string of the molecule is CN(CC(=O)Nc1ccc(Cc2nc3ccccc3s2)cc1)S(=O)(=O)c1ccc(C#N)cc1. The third-order valence-corrected chi connectivity index (χ3v) is 7.84. The summed E-state index contributed by atoms with van der Waals surface area (Å²) in [5, 5.41) is 12.6. The summed E-state index contributed by atoms with van der Waals surface area (Å²) in [6, 6.07) is 22.9. The largest absolute Gasteiger partial charge is 0.325 e. The average molecular weight is 477 g/mol. The quantitative estimate of drug-likeness (QED) is 0.434. The fraction of sp³-hybridized carbons (Fsp3) is 0.125. The fourth-order valence-corrected chi connectivity index (χ4v) is 5.37. The molecule has 0 fully saturated rings. The topological polar surface area (TPSA) is 103 Å². The Labute approximate surface area is 196 Å². The van der Waals surface area contributed by atoms with Crippen molar-refractivity contribution in [2.75, 3.05) is 18.9 Å². The van der Waals surface area contributed by atoms with Gasteiger partial charge < -0.3 is 5.32 Å². The van der Waals surface area contributed by atoms with E-state index in [1.807, 2.05) is 42.5 Å². The van der Waals surface area contributed by atoms with Gasteiger partial charge in [-0.25, -0.2) is 13.4 Å². The van der Waals surface area contributed by atoms with Crippen LogP contribution in [-0.2, 0) is 21.2 Å². The molecule has 1 aromatic heterocycles. The van der Waals surface area contributed by atoms with Gasteiger partial charge >= 0.3 is 0 Å². The summed E-state index contributed by atoms with van der Waals surface area (Å²) in [6.45, 7) is -0.338. The van der Waals surface area contributed by atoms with Crippen LogP contribution in [0.4, 0.5) is 5.69 Å². The van der Waals surface area contributed by atoms with Crippen molar-refractivity contribution in [1.82, 2.24) is 9.29 Å². The molecule has 0 aliphatic carbocycles. The third kappa shape index (κ3) is 5.26. The van der Waals surface area contributed by atoms with Gasteiger partial charge in [0.15, 0.2) is 0 Å². The van der Waals surface area contributed by atoms with Crippen LogP contribution in [0.1, 0.15) is 16.1 Å². The summed E-state index contributed by atoms with van der Waals surface area (Å²) in [6.07, 6.45) is 0.694. The van der Waals surface area contributed by atoms with E-state index in [2.05, 4.69) is 10.3 Å². The second-order valence-electron chi connectivity index (χ2n) is 7.39. The molecule has 0 aliphatic rings. The molecule has 1 N–H and O–H groups in total. The lowest BCUT2D eigenvalue weighted by Gasteiger charge is -2.17. The number of nitriles is 1. The molecule has 0 radical (unpaired) electrons. The Kier molecular flexibility index (Phi) is 6.51. The number of nitrogens with one attached hydrogen (secondary N) is 1. The Hall–Kier alpha value is -3.58. The lowest BCUT2D eigenvalue weighted by molar-refractivity contribution is -0.116. The molecule has 0 saturated carbocycles. The maximum Gasteiger partial charge on any atom is 0.243 e. The third-order valence-electron chi connectivity index (χ3n) is 4.99. The highest BCUT2D eigenvalue weighted by atomic mass is 32.2. The van der Waals surface area contributed by atoms with E-state index in [-0.39, 0.29) is 11.4 Å². The molecule has 0 unspecified atom stereocenters. The fourth-order valence-electron chi connectivity index (χ4n) is 3.25. The lowest BCUT2D eigenvalue weighted by atomic mass is 10.1. The van der Waals surface area contributed by atoms with Crippen LogP contribution in [0.25, 0.3) is 10.2 Å². The van der Waals surface area contributed by atoms with Crippen LogP contribution in [0.3, 0.4) is 0 Å². The number of nitrogens with zero attached hydrogens (tertiary/aromatic N) is 3. The van der Waals surface area contributed by atoms with Gasteiger partial charge in [-0.3, -0.25) is 4.79 Å². The lowest BCUT2D eigenvalue weighted by Crippen LogP contribution is -2.34. The van der Waals surface area contributed by atoms with E-state index in [1.54, 1.807) is 23.5 Å². The van der Waals surface area contributed by atoms with E-state index in [1.165, 1.54) is 31.3 Å². The Balaban J connectivity index is 1.36. The van der Waals surface area contributed by atoms with Gasteiger partial charge in [0.25, 0.3) is 0 Å². The summed E-state index contributed by atoms with van der Waals surface area (Å²) < 4.78 is 27.4. The molecule has 166 valence electrons. The second-order valence-corrected chi connectivity index (χ2v) is 10.6. The minimum Gasteiger partial charge on any atom is -0.325 e. The molecule has 7 nitrogen and oxygen atoms in total. The van der Waals surface area contributed by atoms with Gasteiger partial charge in [0.05, 0.1) is 38.3 Å². The number of hydrogen-bond acceptors (Lipinski definition) is 6. The molecule has 3 aromatic carbocycles. The van der Waals surface area contributed by atoms with Crippen LogP contribution in [-0.4, -0.2) is 37.2 Å². The summed E-state index contributed by atoms with van der Waals surface area (Å²) in [5.41, 5.74) is 2.99. The number of carbonyl (C=O) groups is 1. The Bertz CT molecular complexity index is 1400. The maximum atomic E-state index is 12.7. The second kappa shape index (κ2) is 9.50. The number of fused-ring (bicyclic) bond motifs is 1. The molecule has 0 saturated heterocycles. The van der Waals surface area contributed by atoms with Crippen molar-refractivity contribution < 1.29 is 13.2 Å². The summed E-state index contributed by atoms with van der Waals surface area (Å²) in [5.74, 6) is -0.450. The molecule has 1 heterocycles.